The number of rotatable bonds is 7. The van der Waals surface area contributed by atoms with E-state index in [1.807, 2.05) is 48.5 Å². The van der Waals surface area contributed by atoms with Gasteiger partial charge >= 0.3 is 0 Å². The highest BCUT2D eigenvalue weighted by Crippen LogP contribution is 2.36. The van der Waals surface area contributed by atoms with Gasteiger partial charge in [-0.05, 0) is 37.6 Å². The quantitative estimate of drug-likeness (QED) is 0.433. The van der Waals surface area contributed by atoms with Gasteiger partial charge in [-0.3, -0.25) is 9.36 Å². The number of nitrogens with zero attached hydrogens (tertiary/aromatic N) is 2. The fourth-order valence-corrected chi connectivity index (χ4v) is 3.07. The summed E-state index contributed by atoms with van der Waals surface area (Å²) in [7, 11) is 1.59. The van der Waals surface area contributed by atoms with Crippen molar-refractivity contribution < 1.29 is 19.7 Å². The third kappa shape index (κ3) is 3.84. The van der Waals surface area contributed by atoms with Gasteiger partial charge in [0.15, 0.2) is 0 Å². The Balaban J connectivity index is 2.10. The van der Waals surface area contributed by atoms with Gasteiger partial charge in [-0.1, -0.05) is 18.2 Å². The molecule has 2 aromatic carbocycles. The third-order valence-electron chi connectivity index (χ3n) is 4.44. The van der Waals surface area contributed by atoms with Crippen molar-refractivity contribution in [1.82, 2.24) is 9.99 Å². The van der Waals surface area contributed by atoms with Crippen LogP contribution in [-0.2, 0) is 4.79 Å². The maximum atomic E-state index is 11.8. The molecule has 0 aliphatic heterocycles. The zero-order valence-electron chi connectivity index (χ0n) is 15.8. The van der Waals surface area contributed by atoms with Gasteiger partial charge in [-0.25, -0.2) is 5.43 Å². The first kappa shape index (κ1) is 19.4. The molecule has 1 aromatic heterocycles. The molecule has 28 heavy (non-hydrogen) atoms. The lowest BCUT2D eigenvalue weighted by atomic mass is 10.1. The molecule has 1 amide bonds. The molecular weight excluding hydrogens is 358 g/mol. The van der Waals surface area contributed by atoms with Crippen LogP contribution in [0.4, 0.5) is 0 Å². The number of nitrogens with one attached hydrogen (secondary N) is 1. The predicted octanol–water partition coefficient (Wildman–Crippen LogP) is 2.96. The molecule has 0 aliphatic rings. The third-order valence-corrected chi connectivity index (χ3v) is 4.44. The van der Waals surface area contributed by atoms with Crippen LogP contribution >= 0.6 is 0 Å². The van der Waals surface area contributed by atoms with E-state index in [2.05, 4.69) is 10.5 Å². The van der Waals surface area contributed by atoms with Crippen LogP contribution in [0.5, 0.6) is 11.6 Å². The van der Waals surface area contributed by atoms with Crippen molar-refractivity contribution in [2.45, 2.75) is 19.8 Å². The second-order valence-corrected chi connectivity index (χ2v) is 6.31. The number of hydrazone groups is 1. The van der Waals surface area contributed by atoms with Gasteiger partial charge in [0, 0.05) is 30.2 Å². The monoisotopic (exact) mass is 381 g/mol. The van der Waals surface area contributed by atoms with Crippen molar-refractivity contribution in [3.63, 3.8) is 0 Å². The average Bonchev–Trinajstić information content (AvgIpc) is 3.01. The molecule has 146 valence electrons. The van der Waals surface area contributed by atoms with E-state index >= 15 is 0 Å². The molecule has 0 spiro atoms. The summed E-state index contributed by atoms with van der Waals surface area (Å²) in [6.07, 6.45) is 0.557. The van der Waals surface area contributed by atoms with E-state index in [-0.39, 0.29) is 24.8 Å². The van der Waals surface area contributed by atoms with Crippen LogP contribution in [0.25, 0.3) is 16.6 Å². The number of aromatic hydroxyl groups is 1. The highest BCUT2D eigenvalue weighted by molar-refractivity contribution is 6.13. The van der Waals surface area contributed by atoms with Gasteiger partial charge in [0.1, 0.15) is 5.75 Å². The Labute approximate surface area is 162 Å². The standard InChI is InChI=1S/C21H23N3O4/c1-14(22-23-19(26)9-6-12-25)20-17-11-10-16(28-2)13-18(17)24(21(20)27)15-7-4-3-5-8-15/h3-5,7-8,10-11,13,25,27H,6,9,12H2,1-2H3,(H,23,26). The fraction of sp³-hybridized carbons (Fsp3) is 0.238. The van der Waals surface area contributed by atoms with Crippen LogP contribution < -0.4 is 10.2 Å². The largest absolute Gasteiger partial charge is 0.497 e. The minimum Gasteiger partial charge on any atom is -0.497 e. The van der Waals surface area contributed by atoms with Gasteiger partial charge < -0.3 is 14.9 Å². The molecule has 0 bridgehead atoms. The van der Waals surface area contributed by atoms with Gasteiger partial charge in [0.2, 0.25) is 11.8 Å². The molecule has 0 aliphatic carbocycles. The Morgan fingerprint density at radius 3 is 2.64 bits per heavy atom. The Hall–Kier alpha value is -3.32. The molecule has 7 heteroatoms. The molecule has 0 unspecified atom stereocenters. The van der Waals surface area contributed by atoms with Gasteiger partial charge in [-0.15, -0.1) is 0 Å². The Morgan fingerprint density at radius 1 is 1.21 bits per heavy atom. The van der Waals surface area contributed by atoms with Crippen molar-refractivity contribution in [1.29, 1.82) is 0 Å². The van der Waals surface area contributed by atoms with E-state index in [1.165, 1.54) is 0 Å². The molecule has 0 radical (unpaired) electrons. The van der Waals surface area contributed by atoms with Gasteiger partial charge in [0.25, 0.3) is 0 Å². The number of benzene rings is 2. The zero-order valence-corrected chi connectivity index (χ0v) is 15.8. The summed E-state index contributed by atoms with van der Waals surface area (Å²) in [5.74, 6) is 0.405. The number of carbonyl (C=O) groups is 1. The summed E-state index contributed by atoms with van der Waals surface area (Å²) in [5.41, 5.74) is 5.03. The summed E-state index contributed by atoms with van der Waals surface area (Å²) in [6.45, 7) is 1.67. The van der Waals surface area contributed by atoms with Crippen LogP contribution in [0, 0.1) is 0 Å². The average molecular weight is 381 g/mol. The summed E-state index contributed by atoms with van der Waals surface area (Å²) in [4.78, 5) is 11.8. The molecule has 0 fully saturated rings. The molecule has 0 saturated heterocycles. The van der Waals surface area contributed by atoms with Crippen molar-refractivity contribution >= 4 is 22.5 Å². The maximum Gasteiger partial charge on any atom is 0.240 e. The number of para-hydroxylation sites is 1. The molecule has 0 atom stereocenters. The predicted molar refractivity (Wildman–Crippen MR) is 108 cm³/mol. The first-order valence-corrected chi connectivity index (χ1v) is 8.98. The molecule has 3 N–H and O–H groups in total. The Morgan fingerprint density at radius 2 is 1.96 bits per heavy atom. The molecule has 3 rings (SSSR count). The lowest BCUT2D eigenvalue weighted by Crippen LogP contribution is -2.19. The van der Waals surface area contributed by atoms with E-state index in [9.17, 15) is 9.90 Å². The lowest BCUT2D eigenvalue weighted by Gasteiger charge is -2.08. The van der Waals surface area contributed by atoms with Gasteiger partial charge in [-0.2, -0.15) is 5.10 Å². The van der Waals surface area contributed by atoms with Crippen molar-refractivity contribution in [3.8, 4) is 17.3 Å². The highest BCUT2D eigenvalue weighted by Gasteiger charge is 2.20. The number of aliphatic hydroxyl groups excluding tert-OH is 1. The van der Waals surface area contributed by atoms with E-state index in [4.69, 9.17) is 9.84 Å². The smallest absolute Gasteiger partial charge is 0.240 e. The topological polar surface area (TPSA) is 96.1 Å². The zero-order chi connectivity index (χ0) is 20.1. The number of ether oxygens (including phenoxy) is 1. The second kappa shape index (κ2) is 8.58. The number of aromatic nitrogens is 1. The molecular formula is C21H23N3O4. The molecule has 3 aromatic rings. The van der Waals surface area contributed by atoms with Crippen LogP contribution in [0.2, 0.25) is 0 Å². The first-order valence-electron chi connectivity index (χ1n) is 8.98. The Kier molecular flexibility index (Phi) is 5.96. The molecule has 7 nitrogen and oxygen atoms in total. The van der Waals surface area contributed by atoms with Crippen molar-refractivity contribution in [3.05, 3.63) is 54.1 Å². The number of methoxy groups -OCH3 is 1. The van der Waals surface area contributed by atoms with Crippen LogP contribution in [-0.4, -0.2) is 40.1 Å². The number of carbonyl (C=O) groups excluding carboxylic acids is 1. The van der Waals surface area contributed by atoms with E-state index in [0.717, 1.165) is 16.6 Å². The second-order valence-electron chi connectivity index (χ2n) is 6.31. The molecule has 1 heterocycles. The summed E-state index contributed by atoms with van der Waals surface area (Å²) < 4.78 is 7.06. The summed E-state index contributed by atoms with van der Waals surface area (Å²) in [5, 5.41) is 24.7. The normalized spacial score (nSPS) is 11.6. The number of hydrogen-bond donors (Lipinski definition) is 3. The minimum atomic E-state index is -0.290. The van der Waals surface area contributed by atoms with Crippen molar-refractivity contribution in [2.24, 2.45) is 5.10 Å². The number of hydrogen-bond acceptors (Lipinski definition) is 5. The summed E-state index contributed by atoms with van der Waals surface area (Å²) in [6, 6.07) is 15.0. The van der Waals surface area contributed by atoms with Gasteiger partial charge in [0.05, 0.1) is 23.9 Å². The number of fused-ring (bicyclic) bond motifs is 1. The fourth-order valence-electron chi connectivity index (χ4n) is 3.07. The maximum absolute atomic E-state index is 11.8. The number of amides is 1. The van der Waals surface area contributed by atoms with E-state index < -0.39 is 0 Å². The Bertz CT molecular complexity index is 1010. The van der Waals surface area contributed by atoms with Crippen LogP contribution in [0.15, 0.2) is 53.6 Å². The molecule has 0 saturated carbocycles. The first-order chi connectivity index (χ1) is 13.6. The SMILES string of the molecule is COc1ccc2c(C(C)=NNC(=O)CCCO)c(O)n(-c3ccccc3)c2c1. The minimum absolute atomic E-state index is 0.0281. The number of aliphatic hydroxyl groups is 1. The van der Waals surface area contributed by atoms with Crippen molar-refractivity contribution in [2.75, 3.05) is 13.7 Å². The van der Waals surface area contributed by atoms with Crippen LogP contribution in [0.3, 0.4) is 0 Å². The van der Waals surface area contributed by atoms with E-state index in [1.54, 1.807) is 18.6 Å². The highest BCUT2D eigenvalue weighted by atomic mass is 16.5. The van der Waals surface area contributed by atoms with E-state index in [0.29, 0.717) is 23.4 Å². The lowest BCUT2D eigenvalue weighted by molar-refractivity contribution is -0.121. The van der Waals surface area contributed by atoms with Crippen LogP contribution in [0.1, 0.15) is 25.3 Å². The summed E-state index contributed by atoms with van der Waals surface area (Å²) >= 11 is 0.